The van der Waals surface area contributed by atoms with Crippen LogP contribution in [-0.2, 0) is 9.53 Å². The Labute approximate surface area is 136 Å². The van der Waals surface area contributed by atoms with Crippen LogP contribution in [0.4, 0.5) is 0 Å². The van der Waals surface area contributed by atoms with Crippen molar-refractivity contribution in [3.63, 3.8) is 0 Å². The van der Waals surface area contributed by atoms with Crippen molar-refractivity contribution in [1.29, 1.82) is 0 Å². The van der Waals surface area contributed by atoms with Crippen molar-refractivity contribution in [2.24, 2.45) is 0 Å². The van der Waals surface area contributed by atoms with Crippen LogP contribution in [0.25, 0.3) is 11.6 Å². The van der Waals surface area contributed by atoms with Crippen molar-refractivity contribution >= 4 is 17.6 Å². The summed E-state index contributed by atoms with van der Waals surface area (Å²) in [6.45, 7) is 6.37. The molecule has 0 atom stereocenters. The van der Waals surface area contributed by atoms with E-state index in [0.717, 1.165) is 22.4 Å². The van der Waals surface area contributed by atoms with Crippen LogP contribution < -0.4 is 4.74 Å². The van der Waals surface area contributed by atoms with Crippen LogP contribution in [0.3, 0.4) is 0 Å². The Kier molecular flexibility index (Phi) is 6.18. The number of rotatable bonds is 7. The summed E-state index contributed by atoms with van der Waals surface area (Å²) < 4.78 is 10.6. The number of ether oxygens (including phenoxy) is 2. The molecule has 0 N–H and O–H groups in total. The number of esters is 1. The molecule has 118 valence electrons. The van der Waals surface area contributed by atoms with E-state index in [0.29, 0.717) is 6.61 Å². The maximum absolute atomic E-state index is 11.6. The molecule has 3 heteroatoms. The summed E-state index contributed by atoms with van der Waals surface area (Å²) >= 11 is 0. The molecule has 2 aromatic rings. The van der Waals surface area contributed by atoms with E-state index in [1.165, 1.54) is 6.08 Å². The molecule has 0 saturated heterocycles. The van der Waals surface area contributed by atoms with Gasteiger partial charge < -0.3 is 9.47 Å². The molecule has 0 saturated carbocycles. The molecule has 0 bridgehead atoms. The molecule has 0 aliphatic heterocycles. The smallest absolute Gasteiger partial charge is 0.330 e. The van der Waals surface area contributed by atoms with Crippen molar-refractivity contribution in [3.8, 4) is 5.75 Å². The van der Waals surface area contributed by atoms with E-state index in [-0.39, 0.29) is 12.6 Å². The molecule has 3 nitrogen and oxygen atoms in total. The molecule has 0 aliphatic carbocycles. The number of carbonyl (C=O) groups is 1. The zero-order valence-electron chi connectivity index (χ0n) is 13.2. The molecule has 2 rings (SSSR count). The van der Waals surface area contributed by atoms with Gasteiger partial charge in [0, 0.05) is 6.08 Å². The molecular weight excluding hydrogens is 288 g/mol. The number of benzene rings is 2. The topological polar surface area (TPSA) is 35.5 Å². The molecule has 0 aliphatic rings. The van der Waals surface area contributed by atoms with Gasteiger partial charge in [-0.05, 0) is 36.3 Å². The highest BCUT2D eigenvalue weighted by atomic mass is 16.6. The van der Waals surface area contributed by atoms with Crippen LogP contribution in [0.1, 0.15) is 18.1 Å². The van der Waals surface area contributed by atoms with Crippen molar-refractivity contribution in [3.05, 3.63) is 78.4 Å². The molecule has 0 amide bonds. The van der Waals surface area contributed by atoms with Gasteiger partial charge in [-0.2, -0.15) is 0 Å². The maximum Gasteiger partial charge on any atom is 0.330 e. The molecule has 0 radical (unpaired) electrons. The lowest BCUT2D eigenvalue weighted by Crippen LogP contribution is -2.10. The molecule has 0 heterocycles. The van der Waals surface area contributed by atoms with Gasteiger partial charge in [0.2, 0.25) is 0 Å². The summed E-state index contributed by atoms with van der Waals surface area (Å²) in [6.07, 6.45) is 3.14. The highest BCUT2D eigenvalue weighted by Crippen LogP contribution is 2.16. The Morgan fingerprint density at radius 1 is 1.04 bits per heavy atom. The minimum Gasteiger partial charge on any atom is -0.490 e. The average molecular weight is 308 g/mol. The van der Waals surface area contributed by atoms with E-state index in [4.69, 9.17) is 9.47 Å². The summed E-state index contributed by atoms with van der Waals surface area (Å²) in [5.74, 6) is 0.362. The lowest BCUT2D eigenvalue weighted by Gasteiger charge is -2.07. The second-order valence-electron chi connectivity index (χ2n) is 5.06. The second-order valence-corrected chi connectivity index (χ2v) is 5.06. The zero-order chi connectivity index (χ0) is 16.5. The Hall–Kier alpha value is -2.81. The van der Waals surface area contributed by atoms with Crippen LogP contribution in [0.2, 0.25) is 0 Å². The minimum atomic E-state index is -0.380. The van der Waals surface area contributed by atoms with Crippen molar-refractivity contribution in [1.82, 2.24) is 0 Å². The number of carbonyl (C=O) groups excluding carboxylic acids is 1. The summed E-state index contributed by atoms with van der Waals surface area (Å²) in [5, 5.41) is 0. The summed E-state index contributed by atoms with van der Waals surface area (Å²) in [6, 6.07) is 17.2. The van der Waals surface area contributed by atoms with Gasteiger partial charge in [0.05, 0.1) is 0 Å². The van der Waals surface area contributed by atoms with Crippen LogP contribution in [-0.4, -0.2) is 19.2 Å². The van der Waals surface area contributed by atoms with Crippen molar-refractivity contribution in [2.75, 3.05) is 13.2 Å². The normalized spacial score (nSPS) is 10.5. The van der Waals surface area contributed by atoms with Gasteiger partial charge in [-0.1, -0.05) is 54.6 Å². The summed E-state index contributed by atoms with van der Waals surface area (Å²) in [4.78, 5) is 11.6. The lowest BCUT2D eigenvalue weighted by molar-refractivity contribution is -0.138. The molecule has 0 aromatic heterocycles. The van der Waals surface area contributed by atoms with Crippen LogP contribution in [0.5, 0.6) is 5.75 Å². The van der Waals surface area contributed by atoms with Gasteiger partial charge in [-0.25, -0.2) is 4.79 Å². The highest BCUT2D eigenvalue weighted by molar-refractivity contribution is 5.87. The first kappa shape index (κ1) is 16.6. The zero-order valence-corrected chi connectivity index (χ0v) is 13.2. The van der Waals surface area contributed by atoms with E-state index < -0.39 is 0 Å². The van der Waals surface area contributed by atoms with E-state index >= 15 is 0 Å². The SMILES string of the molecule is C=C(C)c1ccc(OCCOC(=O)/C=C/c2ccccc2)cc1. The summed E-state index contributed by atoms with van der Waals surface area (Å²) in [5.41, 5.74) is 3.05. The number of allylic oxidation sites excluding steroid dienone is 1. The first-order valence-electron chi connectivity index (χ1n) is 7.44. The number of hydrogen-bond donors (Lipinski definition) is 0. The first-order valence-corrected chi connectivity index (χ1v) is 7.44. The molecule has 0 fully saturated rings. The Bertz CT molecular complexity index is 670. The van der Waals surface area contributed by atoms with Crippen LogP contribution >= 0.6 is 0 Å². The molecule has 2 aromatic carbocycles. The summed E-state index contributed by atoms with van der Waals surface area (Å²) in [7, 11) is 0. The Morgan fingerprint density at radius 3 is 2.39 bits per heavy atom. The molecule has 0 spiro atoms. The third-order valence-corrected chi connectivity index (χ3v) is 3.15. The fraction of sp³-hybridized carbons (Fsp3) is 0.150. The molecule has 23 heavy (non-hydrogen) atoms. The van der Waals surface area contributed by atoms with E-state index in [1.54, 1.807) is 6.08 Å². The molecule has 0 unspecified atom stereocenters. The van der Waals surface area contributed by atoms with Gasteiger partial charge >= 0.3 is 5.97 Å². The van der Waals surface area contributed by atoms with Crippen LogP contribution in [0.15, 0.2) is 67.3 Å². The largest absolute Gasteiger partial charge is 0.490 e. The van der Waals surface area contributed by atoms with Gasteiger partial charge in [0.15, 0.2) is 0 Å². The second kappa shape index (κ2) is 8.59. The van der Waals surface area contributed by atoms with Crippen molar-refractivity contribution in [2.45, 2.75) is 6.92 Å². The standard InChI is InChI=1S/C20H20O3/c1-16(2)18-9-11-19(12-10-18)22-14-15-23-20(21)13-8-17-6-4-3-5-7-17/h3-13H,1,14-15H2,2H3/b13-8+. The van der Waals surface area contributed by atoms with Gasteiger partial charge in [0.25, 0.3) is 0 Å². The third kappa shape index (κ3) is 5.83. The predicted molar refractivity (Wildman–Crippen MR) is 93.1 cm³/mol. The third-order valence-electron chi connectivity index (χ3n) is 3.15. The fourth-order valence-corrected chi connectivity index (χ4v) is 1.91. The van der Waals surface area contributed by atoms with Crippen molar-refractivity contribution < 1.29 is 14.3 Å². The fourth-order valence-electron chi connectivity index (χ4n) is 1.91. The quantitative estimate of drug-likeness (QED) is 0.433. The minimum absolute atomic E-state index is 0.209. The van der Waals surface area contributed by atoms with E-state index in [1.807, 2.05) is 61.5 Å². The van der Waals surface area contributed by atoms with Gasteiger partial charge in [-0.3, -0.25) is 0 Å². The van der Waals surface area contributed by atoms with Crippen LogP contribution in [0, 0.1) is 0 Å². The first-order chi connectivity index (χ1) is 11.1. The van der Waals surface area contributed by atoms with Gasteiger partial charge in [-0.15, -0.1) is 0 Å². The predicted octanol–water partition coefficient (Wildman–Crippen LogP) is 4.36. The lowest BCUT2D eigenvalue weighted by atomic mass is 10.1. The van der Waals surface area contributed by atoms with E-state index in [9.17, 15) is 4.79 Å². The monoisotopic (exact) mass is 308 g/mol. The van der Waals surface area contributed by atoms with Gasteiger partial charge in [0.1, 0.15) is 19.0 Å². The Balaban J connectivity index is 1.69. The Morgan fingerprint density at radius 2 is 1.74 bits per heavy atom. The average Bonchev–Trinajstić information content (AvgIpc) is 2.58. The maximum atomic E-state index is 11.6. The highest BCUT2D eigenvalue weighted by Gasteiger charge is 1.99. The molecular formula is C20H20O3. The number of hydrogen-bond acceptors (Lipinski definition) is 3. The van der Waals surface area contributed by atoms with E-state index in [2.05, 4.69) is 6.58 Å².